The van der Waals surface area contributed by atoms with Crippen LogP contribution >= 0.6 is 39.1 Å². The predicted octanol–water partition coefficient (Wildman–Crippen LogP) is 4.82. The van der Waals surface area contributed by atoms with E-state index in [9.17, 15) is 4.79 Å². The zero-order valence-corrected chi connectivity index (χ0v) is 13.3. The number of aromatic nitrogens is 1. The molecule has 0 saturated heterocycles. The summed E-state index contributed by atoms with van der Waals surface area (Å²) >= 11 is 15.1. The van der Waals surface area contributed by atoms with Crippen molar-refractivity contribution in [1.82, 2.24) is 4.98 Å². The number of hydrogen-bond donors (Lipinski definition) is 1. The van der Waals surface area contributed by atoms with Crippen molar-refractivity contribution in [2.45, 2.75) is 19.3 Å². The minimum Gasteiger partial charge on any atom is -0.481 e. The first-order valence-corrected chi connectivity index (χ1v) is 7.34. The van der Waals surface area contributed by atoms with Crippen LogP contribution in [-0.2, 0) is 11.2 Å². The number of benzene rings is 1. The molecule has 0 spiro atoms. The Morgan fingerprint density at radius 2 is 2.10 bits per heavy atom. The van der Waals surface area contributed by atoms with Crippen LogP contribution in [0, 0.1) is 0 Å². The molecule has 0 aliphatic heterocycles. The van der Waals surface area contributed by atoms with Gasteiger partial charge in [-0.3, -0.25) is 4.79 Å². The van der Waals surface area contributed by atoms with E-state index in [2.05, 4.69) is 20.9 Å². The maximum absolute atomic E-state index is 10.5. The average molecular weight is 379 g/mol. The Labute approximate surface area is 133 Å². The lowest BCUT2D eigenvalue weighted by Gasteiger charge is -1.99. The van der Waals surface area contributed by atoms with E-state index in [1.807, 2.05) is 0 Å². The number of halogens is 3. The van der Waals surface area contributed by atoms with E-state index in [0.717, 1.165) is 5.56 Å². The van der Waals surface area contributed by atoms with E-state index in [1.165, 1.54) is 0 Å². The number of carboxylic acids is 1. The molecule has 0 bridgehead atoms. The summed E-state index contributed by atoms with van der Waals surface area (Å²) < 4.78 is 5.94. The summed E-state index contributed by atoms with van der Waals surface area (Å²) in [6, 6.07) is 5.18. The first-order chi connectivity index (χ1) is 9.47. The Kier molecular flexibility index (Phi) is 5.07. The molecule has 0 radical (unpaired) electrons. The minimum absolute atomic E-state index is 0.0854. The summed E-state index contributed by atoms with van der Waals surface area (Å²) in [5.41, 5.74) is 1.40. The van der Waals surface area contributed by atoms with Crippen molar-refractivity contribution in [2.24, 2.45) is 0 Å². The highest BCUT2D eigenvalue weighted by Crippen LogP contribution is 2.33. The van der Waals surface area contributed by atoms with Crippen molar-refractivity contribution < 1.29 is 14.3 Å². The van der Waals surface area contributed by atoms with Gasteiger partial charge in [0.15, 0.2) is 10.6 Å². The van der Waals surface area contributed by atoms with Gasteiger partial charge in [0.2, 0.25) is 0 Å². The molecular weight excluding hydrogens is 369 g/mol. The molecule has 7 heteroatoms. The van der Waals surface area contributed by atoms with Crippen molar-refractivity contribution in [3.8, 4) is 11.3 Å². The molecule has 0 saturated carbocycles. The zero-order chi connectivity index (χ0) is 14.7. The molecule has 1 heterocycles. The van der Waals surface area contributed by atoms with Crippen molar-refractivity contribution in [3.05, 3.63) is 38.8 Å². The number of rotatable bonds is 5. The molecule has 20 heavy (non-hydrogen) atoms. The van der Waals surface area contributed by atoms with Gasteiger partial charge in [-0.15, -0.1) is 0 Å². The molecular formula is C13H10BrCl2NO3. The second-order valence-corrected chi connectivity index (χ2v) is 5.64. The van der Waals surface area contributed by atoms with Gasteiger partial charge in [-0.1, -0.05) is 29.3 Å². The molecule has 0 amide bonds. The lowest BCUT2D eigenvalue weighted by Crippen LogP contribution is -1.95. The maximum Gasteiger partial charge on any atom is 0.303 e. The fourth-order valence-corrected chi connectivity index (χ4v) is 2.46. The van der Waals surface area contributed by atoms with Crippen LogP contribution in [0.3, 0.4) is 0 Å². The van der Waals surface area contributed by atoms with Crippen LogP contribution in [0.25, 0.3) is 11.3 Å². The quantitative estimate of drug-likeness (QED) is 0.810. The van der Waals surface area contributed by atoms with Crippen molar-refractivity contribution in [1.29, 1.82) is 0 Å². The largest absolute Gasteiger partial charge is 0.481 e. The molecule has 1 N–H and O–H groups in total. The third-order valence-corrected chi connectivity index (χ3v) is 3.88. The van der Waals surface area contributed by atoms with Crippen LogP contribution in [0.4, 0.5) is 0 Å². The molecule has 0 aliphatic carbocycles. The Balaban J connectivity index is 2.18. The van der Waals surface area contributed by atoms with Crippen LogP contribution < -0.4 is 0 Å². The van der Waals surface area contributed by atoms with Gasteiger partial charge in [0.05, 0.1) is 10.0 Å². The predicted molar refractivity (Wildman–Crippen MR) is 80.2 cm³/mol. The van der Waals surface area contributed by atoms with Crippen LogP contribution in [-0.4, -0.2) is 16.1 Å². The molecule has 2 aromatic rings. The second-order valence-electron chi connectivity index (χ2n) is 4.11. The summed E-state index contributed by atoms with van der Waals surface area (Å²) in [6.07, 6.45) is 1.03. The van der Waals surface area contributed by atoms with Gasteiger partial charge in [-0.05, 0) is 34.5 Å². The lowest BCUT2D eigenvalue weighted by atomic mass is 10.2. The van der Waals surface area contributed by atoms with E-state index < -0.39 is 5.97 Å². The molecule has 2 rings (SSSR count). The third kappa shape index (κ3) is 3.75. The van der Waals surface area contributed by atoms with E-state index >= 15 is 0 Å². The smallest absolute Gasteiger partial charge is 0.303 e. The number of oxazole rings is 1. The van der Waals surface area contributed by atoms with Gasteiger partial charge >= 0.3 is 5.97 Å². The fraction of sp³-hybridized carbons (Fsp3) is 0.231. The minimum atomic E-state index is -0.833. The highest BCUT2D eigenvalue weighted by molar-refractivity contribution is 9.10. The SMILES string of the molecule is O=C(O)CCCc1nc(-c2ccc(Cl)c(Cl)c2)c(Br)o1. The molecule has 0 unspecified atom stereocenters. The highest BCUT2D eigenvalue weighted by atomic mass is 79.9. The van der Waals surface area contributed by atoms with Crippen LogP contribution in [0.5, 0.6) is 0 Å². The van der Waals surface area contributed by atoms with Crippen molar-refractivity contribution in [2.75, 3.05) is 0 Å². The molecule has 0 aliphatic rings. The molecule has 0 atom stereocenters. The summed E-state index contributed by atoms with van der Waals surface area (Å²) in [4.78, 5) is 14.8. The number of carbonyl (C=O) groups is 1. The number of aliphatic carboxylic acids is 1. The topological polar surface area (TPSA) is 63.3 Å². The molecule has 106 valence electrons. The van der Waals surface area contributed by atoms with Gasteiger partial charge in [0.25, 0.3) is 0 Å². The number of hydrogen-bond acceptors (Lipinski definition) is 3. The van der Waals surface area contributed by atoms with E-state index in [-0.39, 0.29) is 6.42 Å². The van der Waals surface area contributed by atoms with Gasteiger partial charge in [0, 0.05) is 18.4 Å². The van der Waals surface area contributed by atoms with E-state index in [4.69, 9.17) is 32.7 Å². The Bertz CT molecular complexity index is 643. The highest BCUT2D eigenvalue weighted by Gasteiger charge is 2.14. The summed E-state index contributed by atoms with van der Waals surface area (Å²) in [5.74, 6) is -0.348. The second kappa shape index (κ2) is 6.61. The number of carboxylic acid groups (broad SMARTS) is 1. The van der Waals surface area contributed by atoms with Crippen molar-refractivity contribution >= 4 is 45.1 Å². The maximum atomic E-state index is 10.5. The van der Waals surface area contributed by atoms with E-state index in [0.29, 0.717) is 39.1 Å². The van der Waals surface area contributed by atoms with E-state index in [1.54, 1.807) is 18.2 Å². The Hall–Kier alpha value is -1.04. The molecule has 1 aromatic carbocycles. The summed E-state index contributed by atoms with van der Waals surface area (Å²) in [6.45, 7) is 0. The third-order valence-electron chi connectivity index (χ3n) is 2.60. The number of aryl methyl sites for hydroxylation is 1. The van der Waals surface area contributed by atoms with Gasteiger partial charge in [-0.2, -0.15) is 0 Å². The first kappa shape index (κ1) is 15.4. The van der Waals surface area contributed by atoms with Gasteiger partial charge < -0.3 is 9.52 Å². The van der Waals surface area contributed by atoms with Crippen LogP contribution in [0.15, 0.2) is 27.3 Å². The molecule has 1 aromatic heterocycles. The molecule has 0 fully saturated rings. The first-order valence-electron chi connectivity index (χ1n) is 5.80. The lowest BCUT2D eigenvalue weighted by molar-refractivity contribution is -0.137. The molecule has 4 nitrogen and oxygen atoms in total. The van der Waals surface area contributed by atoms with Crippen LogP contribution in [0.1, 0.15) is 18.7 Å². The summed E-state index contributed by atoms with van der Waals surface area (Å²) in [5, 5.41) is 9.50. The average Bonchev–Trinajstić information content (AvgIpc) is 2.73. The van der Waals surface area contributed by atoms with Gasteiger partial charge in [0.1, 0.15) is 5.69 Å². The Morgan fingerprint density at radius 1 is 1.35 bits per heavy atom. The fourth-order valence-electron chi connectivity index (χ4n) is 1.66. The number of nitrogens with zero attached hydrogens (tertiary/aromatic N) is 1. The normalized spacial score (nSPS) is 10.8. The van der Waals surface area contributed by atoms with Gasteiger partial charge in [-0.25, -0.2) is 4.98 Å². The standard InChI is InChI=1S/C13H10BrCl2NO3/c14-13-12(7-4-5-8(15)9(16)6-7)17-10(20-13)2-1-3-11(18)19/h4-6H,1-3H2,(H,18,19). The summed E-state index contributed by atoms with van der Waals surface area (Å²) in [7, 11) is 0. The zero-order valence-electron chi connectivity index (χ0n) is 10.2. The monoisotopic (exact) mass is 377 g/mol. The van der Waals surface area contributed by atoms with Crippen molar-refractivity contribution in [3.63, 3.8) is 0 Å². The van der Waals surface area contributed by atoms with Crippen LogP contribution in [0.2, 0.25) is 10.0 Å². The Morgan fingerprint density at radius 3 is 2.75 bits per heavy atom.